The van der Waals surface area contributed by atoms with Gasteiger partial charge in [-0.05, 0) is 24.6 Å². The van der Waals surface area contributed by atoms with Crippen molar-refractivity contribution < 1.29 is 4.39 Å². The molecule has 51 valence electrons. The third kappa shape index (κ3) is 1.65. The molecule has 0 N–H and O–H groups in total. The van der Waals surface area contributed by atoms with Gasteiger partial charge in [-0.15, -0.1) is 0 Å². The van der Waals surface area contributed by atoms with E-state index in [1.54, 1.807) is 18.2 Å². The highest BCUT2D eigenvalue weighted by molar-refractivity contribution is 5.47. The summed E-state index contributed by atoms with van der Waals surface area (Å²) in [4.78, 5) is 3.45. The minimum absolute atomic E-state index is 0.457. The van der Waals surface area contributed by atoms with Crippen molar-refractivity contribution in [2.45, 2.75) is 0 Å². The summed E-state index contributed by atoms with van der Waals surface area (Å²) in [5.74, 6) is -0.457. The van der Waals surface area contributed by atoms with Crippen molar-refractivity contribution in [3.8, 4) is 0 Å². The molecule has 0 saturated heterocycles. The molecule has 10 heavy (non-hydrogen) atoms. The first-order valence-electron chi connectivity index (χ1n) is 2.90. The van der Waals surface area contributed by atoms with E-state index in [2.05, 4.69) is 11.9 Å². The summed E-state index contributed by atoms with van der Waals surface area (Å²) in [5, 5.41) is 0. The van der Waals surface area contributed by atoms with Crippen molar-refractivity contribution in [2.24, 2.45) is 0 Å². The standard InChI is InChI=1S/C8H7FN/c1-2-3-7-4-5-8(9)10-6-7/h2-6H,1H2/b3-2+. The van der Waals surface area contributed by atoms with Gasteiger partial charge in [-0.3, -0.25) is 0 Å². The van der Waals surface area contributed by atoms with Gasteiger partial charge in [0, 0.05) is 6.20 Å². The highest BCUT2D eigenvalue weighted by atomic mass is 19.1. The second kappa shape index (κ2) is 3.11. The maximum Gasteiger partial charge on any atom is 0.212 e. The lowest BCUT2D eigenvalue weighted by molar-refractivity contribution is 0.583. The third-order valence-electron chi connectivity index (χ3n) is 1.06. The van der Waals surface area contributed by atoms with Crippen molar-refractivity contribution in [3.63, 3.8) is 0 Å². The zero-order valence-corrected chi connectivity index (χ0v) is 5.42. The quantitative estimate of drug-likeness (QED) is 0.538. The summed E-state index contributed by atoms with van der Waals surface area (Å²) in [5.41, 5.74) is 0.858. The van der Waals surface area contributed by atoms with Crippen LogP contribution in [0.5, 0.6) is 0 Å². The first kappa shape index (κ1) is 6.93. The molecule has 0 fully saturated rings. The molecule has 0 spiro atoms. The molecule has 0 amide bonds. The van der Waals surface area contributed by atoms with E-state index >= 15 is 0 Å². The molecule has 0 aromatic carbocycles. The van der Waals surface area contributed by atoms with Crippen LogP contribution in [0.2, 0.25) is 0 Å². The molecule has 0 unspecified atom stereocenters. The number of hydrogen-bond acceptors (Lipinski definition) is 1. The molecule has 0 atom stereocenters. The van der Waals surface area contributed by atoms with Gasteiger partial charge < -0.3 is 0 Å². The first-order chi connectivity index (χ1) is 4.83. The number of nitrogens with zero attached hydrogens (tertiary/aromatic N) is 1. The van der Waals surface area contributed by atoms with Crippen LogP contribution in [0.4, 0.5) is 4.39 Å². The van der Waals surface area contributed by atoms with Gasteiger partial charge in [-0.2, -0.15) is 4.39 Å². The lowest BCUT2D eigenvalue weighted by atomic mass is 10.3. The SMILES string of the molecule is [CH2]/C=C/c1ccc(F)nc1. The van der Waals surface area contributed by atoms with Crippen LogP contribution in [0, 0.1) is 12.9 Å². The van der Waals surface area contributed by atoms with Crippen LogP contribution < -0.4 is 0 Å². The fraction of sp³-hybridized carbons (Fsp3) is 0. The second-order valence-electron chi connectivity index (χ2n) is 1.82. The normalized spacial score (nSPS) is 10.6. The predicted molar refractivity (Wildman–Crippen MR) is 38.6 cm³/mol. The fourth-order valence-electron chi connectivity index (χ4n) is 0.622. The average Bonchev–Trinajstić information content (AvgIpc) is 1.95. The summed E-state index contributed by atoms with van der Waals surface area (Å²) >= 11 is 0. The molecule has 0 aliphatic rings. The van der Waals surface area contributed by atoms with Crippen LogP contribution in [-0.2, 0) is 0 Å². The van der Waals surface area contributed by atoms with E-state index in [-0.39, 0.29) is 0 Å². The average molecular weight is 136 g/mol. The molecule has 1 aromatic rings. The monoisotopic (exact) mass is 136 g/mol. The van der Waals surface area contributed by atoms with E-state index in [1.165, 1.54) is 12.3 Å². The molecule has 1 radical (unpaired) electrons. The van der Waals surface area contributed by atoms with E-state index in [0.29, 0.717) is 0 Å². The Morgan fingerprint density at radius 2 is 2.30 bits per heavy atom. The van der Waals surface area contributed by atoms with Crippen molar-refractivity contribution in [1.29, 1.82) is 0 Å². The predicted octanol–water partition coefficient (Wildman–Crippen LogP) is 2.07. The zero-order valence-electron chi connectivity index (χ0n) is 5.42. The molecule has 1 rings (SSSR count). The topological polar surface area (TPSA) is 12.9 Å². The number of hydrogen-bond donors (Lipinski definition) is 0. The number of aromatic nitrogens is 1. The molecule has 2 heteroatoms. The van der Waals surface area contributed by atoms with Gasteiger partial charge in [0.05, 0.1) is 0 Å². The molecular formula is C8H7FN. The maximum absolute atomic E-state index is 12.2. The second-order valence-corrected chi connectivity index (χ2v) is 1.82. The van der Waals surface area contributed by atoms with Crippen LogP contribution in [0.15, 0.2) is 24.4 Å². The lowest BCUT2D eigenvalue weighted by Gasteiger charge is -1.89. The summed E-state index contributed by atoms with van der Waals surface area (Å²) in [6, 6.07) is 2.96. The van der Waals surface area contributed by atoms with Crippen LogP contribution in [0.3, 0.4) is 0 Å². The molecular weight excluding hydrogens is 129 g/mol. The van der Waals surface area contributed by atoms with Crippen LogP contribution in [0.1, 0.15) is 5.56 Å². The van der Waals surface area contributed by atoms with Crippen molar-refractivity contribution in [2.75, 3.05) is 0 Å². The maximum atomic E-state index is 12.2. The fourth-order valence-corrected chi connectivity index (χ4v) is 0.622. The molecule has 0 aliphatic heterocycles. The van der Waals surface area contributed by atoms with Gasteiger partial charge in [-0.1, -0.05) is 12.2 Å². The molecule has 0 bridgehead atoms. The Bertz CT molecular complexity index is 226. The van der Waals surface area contributed by atoms with Crippen molar-refractivity contribution in [3.05, 3.63) is 42.8 Å². The molecule has 1 aromatic heterocycles. The van der Waals surface area contributed by atoms with Gasteiger partial charge in [0.1, 0.15) is 0 Å². The smallest absolute Gasteiger partial charge is 0.212 e. The summed E-state index contributed by atoms with van der Waals surface area (Å²) in [6.45, 7) is 3.50. The first-order valence-corrected chi connectivity index (χ1v) is 2.90. The Morgan fingerprint density at radius 1 is 1.50 bits per heavy atom. The Balaban J connectivity index is 2.89. The number of pyridine rings is 1. The minimum atomic E-state index is -0.457. The van der Waals surface area contributed by atoms with Gasteiger partial charge in [0.15, 0.2) is 0 Å². The summed E-state index contributed by atoms with van der Waals surface area (Å²) in [7, 11) is 0. The Labute approximate surface area is 59.2 Å². The number of halogens is 1. The Hall–Kier alpha value is -1.18. The largest absolute Gasteiger partial charge is 0.228 e. The molecule has 0 saturated carbocycles. The summed E-state index contributed by atoms with van der Waals surface area (Å²) < 4.78 is 12.2. The number of allylic oxidation sites excluding steroid dienone is 1. The van der Waals surface area contributed by atoms with Crippen LogP contribution in [-0.4, -0.2) is 4.98 Å². The molecule has 0 aliphatic carbocycles. The van der Waals surface area contributed by atoms with E-state index in [1.807, 2.05) is 0 Å². The van der Waals surface area contributed by atoms with E-state index in [4.69, 9.17) is 0 Å². The molecule has 1 heterocycles. The van der Waals surface area contributed by atoms with Gasteiger partial charge in [-0.25, -0.2) is 4.98 Å². The van der Waals surface area contributed by atoms with Crippen molar-refractivity contribution in [1.82, 2.24) is 4.98 Å². The van der Waals surface area contributed by atoms with Gasteiger partial charge >= 0.3 is 0 Å². The van der Waals surface area contributed by atoms with Crippen LogP contribution in [0.25, 0.3) is 6.08 Å². The number of rotatable bonds is 1. The summed E-state index contributed by atoms with van der Waals surface area (Å²) in [6.07, 6.45) is 4.85. The minimum Gasteiger partial charge on any atom is -0.228 e. The van der Waals surface area contributed by atoms with E-state index < -0.39 is 5.95 Å². The Kier molecular flexibility index (Phi) is 2.15. The lowest BCUT2D eigenvalue weighted by Crippen LogP contribution is -1.80. The van der Waals surface area contributed by atoms with Gasteiger partial charge in [0.2, 0.25) is 5.95 Å². The van der Waals surface area contributed by atoms with E-state index in [9.17, 15) is 4.39 Å². The van der Waals surface area contributed by atoms with Gasteiger partial charge in [0.25, 0.3) is 0 Å². The van der Waals surface area contributed by atoms with Crippen molar-refractivity contribution >= 4 is 6.08 Å². The third-order valence-corrected chi connectivity index (χ3v) is 1.06. The highest BCUT2D eigenvalue weighted by Crippen LogP contribution is 2.00. The molecule has 1 nitrogen and oxygen atoms in total. The zero-order chi connectivity index (χ0) is 7.40. The highest BCUT2D eigenvalue weighted by Gasteiger charge is 1.87. The van der Waals surface area contributed by atoms with E-state index in [0.717, 1.165) is 5.56 Å². The van der Waals surface area contributed by atoms with Crippen LogP contribution >= 0.6 is 0 Å². The Morgan fingerprint density at radius 3 is 2.80 bits per heavy atom.